The van der Waals surface area contributed by atoms with Crippen LogP contribution in [0.3, 0.4) is 0 Å². The zero-order valence-electron chi connectivity index (χ0n) is 24.2. The number of carbonyl (C=O) groups excluding carboxylic acids is 2. The lowest BCUT2D eigenvalue weighted by atomic mass is 9.85. The number of nitrogens with one attached hydrogen (secondary N) is 1. The maximum Gasteiger partial charge on any atom is 0.414 e. The molecule has 0 aromatic heterocycles. The van der Waals surface area contributed by atoms with Crippen LogP contribution >= 0.6 is 0 Å². The molecule has 1 heterocycles. The molecule has 40 heavy (non-hydrogen) atoms. The largest absolute Gasteiger partial charge is 0.493 e. The molecule has 1 N–H and O–H groups in total. The number of nitrogens with zero attached hydrogens (tertiary/aromatic N) is 2. The Bertz CT molecular complexity index is 1280. The topological polar surface area (TPSA) is 114 Å². The predicted octanol–water partition coefficient (Wildman–Crippen LogP) is 4.78. The third kappa shape index (κ3) is 6.69. The summed E-state index contributed by atoms with van der Waals surface area (Å²) in [6.07, 6.45) is 1.58. The summed E-state index contributed by atoms with van der Waals surface area (Å²) in [5.41, 5.74) is 1.84. The van der Waals surface area contributed by atoms with Gasteiger partial charge >= 0.3 is 6.09 Å². The van der Waals surface area contributed by atoms with Gasteiger partial charge in [-0.15, -0.1) is 0 Å². The van der Waals surface area contributed by atoms with Gasteiger partial charge in [0.25, 0.3) is 5.91 Å². The molecule has 0 bridgehead atoms. The molecule has 1 aliphatic heterocycles. The van der Waals surface area contributed by atoms with Gasteiger partial charge in [0.05, 0.1) is 31.4 Å². The molecule has 2 unspecified atom stereocenters. The number of rotatable bonds is 12. The Hall–Kier alpha value is -3.31. The van der Waals surface area contributed by atoms with E-state index in [4.69, 9.17) is 14.2 Å². The lowest BCUT2D eigenvalue weighted by molar-refractivity contribution is 0.0949. The summed E-state index contributed by atoms with van der Waals surface area (Å²) < 4.78 is 43.9. The summed E-state index contributed by atoms with van der Waals surface area (Å²) >= 11 is 0. The predicted molar refractivity (Wildman–Crippen MR) is 154 cm³/mol. The third-order valence-electron chi connectivity index (χ3n) is 6.97. The number of ether oxygens (including phenoxy) is 3. The number of benzene rings is 2. The van der Waals surface area contributed by atoms with E-state index in [-0.39, 0.29) is 29.4 Å². The molecular weight excluding hydrogens is 534 g/mol. The van der Waals surface area contributed by atoms with Crippen LogP contribution in [0.25, 0.3) is 0 Å². The van der Waals surface area contributed by atoms with Crippen LogP contribution in [-0.2, 0) is 14.8 Å². The molecule has 10 nitrogen and oxygen atoms in total. The standard InChI is InChI=1S/C29H41N3O7S/c1-7-14-31(15-8-2)40(35,36)23-12-10-21(11-13-23)28(33)30-19-22-16-20(4)32(29(34)39-9-3)25-18-27(38-6)26(37-5)17-24(22)25/h10-13,17-18,20,22H,7-9,14-16,19H2,1-6H3,(H,30,33). The Morgan fingerprint density at radius 3 is 2.15 bits per heavy atom. The van der Waals surface area contributed by atoms with Crippen molar-refractivity contribution in [3.63, 3.8) is 0 Å². The molecule has 3 rings (SSSR count). The smallest absolute Gasteiger partial charge is 0.414 e. The highest BCUT2D eigenvalue weighted by molar-refractivity contribution is 7.89. The summed E-state index contributed by atoms with van der Waals surface area (Å²) in [5.74, 6) is 0.577. The van der Waals surface area contributed by atoms with Crippen LogP contribution in [-0.4, -0.2) is 71.2 Å². The second-order valence-electron chi connectivity index (χ2n) is 9.76. The highest BCUT2D eigenvalue weighted by atomic mass is 32.2. The van der Waals surface area contributed by atoms with E-state index in [1.54, 1.807) is 25.0 Å². The van der Waals surface area contributed by atoms with Crippen LogP contribution in [0.5, 0.6) is 11.5 Å². The molecule has 0 spiro atoms. The Kier molecular flexibility index (Phi) is 10.8. The summed E-state index contributed by atoms with van der Waals surface area (Å²) in [5, 5.41) is 2.98. The van der Waals surface area contributed by atoms with Gasteiger partial charge in [0.1, 0.15) is 0 Å². The Labute approximate surface area is 237 Å². The molecule has 1 aliphatic rings. The molecule has 11 heteroatoms. The highest BCUT2D eigenvalue weighted by Gasteiger charge is 2.36. The minimum Gasteiger partial charge on any atom is -0.493 e. The first-order valence-electron chi connectivity index (χ1n) is 13.7. The number of fused-ring (bicyclic) bond motifs is 1. The van der Waals surface area contributed by atoms with Gasteiger partial charge in [-0.2, -0.15) is 4.31 Å². The van der Waals surface area contributed by atoms with E-state index >= 15 is 0 Å². The molecule has 2 amide bonds. The van der Waals surface area contributed by atoms with Gasteiger partial charge in [-0.1, -0.05) is 13.8 Å². The van der Waals surface area contributed by atoms with Crippen molar-refractivity contribution in [3.05, 3.63) is 47.5 Å². The molecular formula is C29H41N3O7S. The summed E-state index contributed by atoms with van der Waals surface area (Å²) in [7, 11) is -0.552. The van der Waals surface area contributed by atoms with Gasteiger partial charge in [0.2, 0.25) is 10.0 Å². The van der Waals surface area contributed by atoms with Gasteiger partial charge in [-0.25, -0.2) is 13.2 Å². The van der Waals surface area contributed by atoms with Crippen molar-refractivity contribution in [2.24, 2.45) is 0 Å². The lowest BCUT2D eigenvalue weighted by Gasteiger charge is -2.39. The molecule has 0 aliphatic carbocycles. The van der Waals surface area contributed by atoms with Crippen molar-refractivity contribution < 1.29 is 32.2 Å². The van der Waals surface area contributed by atoms with E-state index in [2.05, 4.69) is 5.32 Å². The average molecular weight is 576 g/mol. The van der Waals surface area contributed by atoms with Crippen LogP contribution in [0.15, 0.2) is 41.3 Å². The zero-order valence-corrected chi connectivity index (χ0v) is 25.0. The number of amides is 2. The van der Waals surface area contributed by atoms with E-state index in [1.807, 2.05) is 26.8 Å². The maximum atomic E-state index is 13.1. The minimum atomic E-state index is -3.63. The molecule has 220 valence electrons. The Morgan fingerprint density at radius 1 is 1.00 bits per heavy atom. The normalized spacial score (nSPS) is 16.8. The van der Waals surface area contributed by atoms with E-state index < -0.39 is 16.1 Å². The fourth-order valence-corrected chi connectivity index (χ4v) is 6.69. The molecule has 0 saturated carbocycles. The Morgan fingerprint density at radius 2 is 1.60 bits per heavy atom. The molecule has 2 aromatic rings. The summed E-state index contributed by atoms with van der Waals surface area (Å²) in [6.45, 7) is 9.03. The second-order valence-corrected chi connectivity index (χ2v) is 11.7. The van der Waals surface area contributed by atoms with Gasteiger partial charge in [0.15, 0.2) is 11.5 Å². The fraction of sp³-hybridized carbons (Fsp3) is 0.517. The van der Waals surface area contributed by atoms with Gasteiger partial charge in [0, 0.05) is 43.2 Å². The van der Waals surface area contributed by atoms with Crippen LogP contribution in [0, 0.1) is 0 Å². The first-order chi connectivity index (χ1) is 19.1. The van der Waals surface area contributed by atoms with Gasteiger partial charge in [-0.3, -0.25) is 9.69 Å². The van der Waals surface area contributed by atoms with Crippen molar-refractivity contribution in [3.8, 4) is 11.5 Å². The minimum absolute atomic E-state index is 0.115. The maximum absolute atomic E-state index is 13.1. The van der Waals surface area contributed by atoms with Crippen LogP contribution < -0.4 is 19.7 Å². The number of hydrogen-bond acceptors (Lipinski definition) is 7. The van der Waals surface area contributed by atoms with Crippen LogP contribution in [0.1, 0.15) is 68.8 Å². The first kappa shape index (κ1) is 31.2. The molecule has 2 aromatic carbocycles. The molecule has 0 radical (unpaired) electrons. The van der Waals surface area contributed by atoms with Crippen molar-refractivity contribution in [1.82, 2.24) is 9.62 Å². The van der Waals surface area contributed by atoms with Gasteiger partial charge < -0.3 is 19.5 Å². The van der Waals surface area contributed by atoms with Gasteiger partial charge in [-0.05, 0) is 69.0 Å². The van der Waals surface area contributed by atoms with E-state index in [0.29, 0.717) is 48.8 Å². The second kappa shape index (κ2) is 13.8. The fourth-order valence-electron chi connectivity index (χ4n) is 5.06. The number of carbonyl (C=O) groups is 2. The highest BCUT2D eigenvalue weighted by Crippen LogP contribution is 2.44. The number of hydrogen-bond donors (Lipinski definition) is 1. The van der Waals surface area contributed by atoms with Crippen molar-refractivity contribution in [1.29, 1.82) is 0 Å². The number of anilines is 1. The number of sulfonamides is 1. The van der Waals surface area contributed by atoms with Crippen molar-refractivity contribution >= 4 is 27.7 Å². The number of methoxy groups -OCH3 is 2. The van der Waals surface area contributed by atoms with Crippen LogP contribution in [0.2, 0.25) is 0 Å². The quantitative estimate of drug-likeness (QED) is 0.387. The zero-order chi connectivity index (χ0) is 29.4. The summed E-state index contributed by atoms with van der Waals surface area (Å²) in [6, 6.07) is 9.43. The first-order valence-corrected chi connectivity index (χ1v) is 15.2. The van der Waals surface area contributed by atoms with Crippen LogP contribution in [0.4, 0.5) is 10.5 Å². The monoisotopic (exact) mass is 575 g/mol. The molecule has 0 saturated heterocycles. The third-order valence-corrected chi connectivity index (χ3v) is 8.89. The van der Waals surface area contributed by atoms with E-state index in [1.165, 1.54) is 35.7 Å². The SMILES string of the molecule is CCCN(CCC)S(=O)(=O)c1ccc(C(=O)NCC2CC(C)N(C(=O)OCC)c3cc(OC)c(OC)cc32)cc1. The lowest BCUT2D eigenvalue weighted by Crippen LogP contribution is -2.45. The van der Waals surface area contributed by atoms with E-state index in [0.717, 1.165) is 18.4 Å². The molecule has 0 fully saturated rings. The Balaban J connectivity index is 1.82. The summed E-state index contributed by atoms with van der Waals surface area (Å²) in [4.78, 5) is 27.7. The molecule has 2 atom stereocenters. The average Bonchev–Trinajstić information content (AvgIpc) is 2.94. The van der Waals surface area contributed by atoms with E-state index in [9.17, 15) is 18.0 Å². The van der Waals surface area contributed by atoms with Crippen molar-refractivity contribution in [2.75, 3.05) is 45.4 Å². The van der Waals surface area contributed by atoms with Crippen molar-refractivity contribution in [2.45, 2.75) is 63.8 Å².